The van der Waals surface area contributed by atoms with E-state index in [1.807, 2.05) is 26.0 Å². The molecule has 8 heteroatoms. The number of anilines is 1. The van der Waals surface area contributed by atoms with Crippen LogP contribution in [0.4, 0.5) is 5.69 Å². The van der Waals surface area contributed by atoms with Crippen molar-refractivity contribution in [3.05, 3.63) is 46.0 Å². The minimum Gasteiger partial charge on any atom is -0.397 e. The summed E-state index contributed by atoms with van der Waals surface area (Å²) in [6.07, 6.45) is 1.63. The van der Waals surface area contributed by atoms with Crippen LogP contribution in [0, 0.1) is 13.8 Å². The number of carbonyl (C=O) groups is 1. The van der Waals surface area contributed by atoms with Gasteiger partial charge in [-0.05, 0) is 37.1 Å². The third-order valence-electron chi connectivity index (χ3n) is 4.05. The van der Waals surface area contributed by atoms with Crippen molar-refractivity contribution < 1.29 is 9.00 Å². The van der Waals surface area contributed by atoms with E-state index >= 15 is 0 Å². The second-order valence-electron chi connectivity index (χ2n) is 5.72. The number of thiophene rings is 1. The van der Waals surface area contributed by atoms with E-state index < -0.39 is 10.8 Å². The molecule has 2 heterocycles. The third kappa shape index (κ3) is 3.40. The fraction of sp³-hybridized carbons (Fsp3) is 0.235. The molecule has 6 nitrogen and oxygen atoms in total. The van der Waals surface area contributed by atoms with Crippen molar-refractivity contribution in [3.63, 3.8) is 0 Å². The molecule has 0 radical (unpaired) electrons. The molecule has 1 atom stereocenters. The van der Waals surface area contributed by atoms with E-state index in [0.717, 1.165) is 27.1 Å². The Hall–Kier alpha value is -2.32. The highest BCUT2D eigenvalue weighted by Gasteiger charge is 2.19. The predicted octanol–water partition coefficient (Wildman–Crippen LogP) is 2.56. The minimum absolute atomic E-state index is 0.235. The lowest BCUT2D eigenvalue weighted by Crippen LogP contribution is -2.22. The standard InChI is InChI=1S/C17H18N4O2S2/c1-9-10(2)20-21-17-13(9)14(18)15(24-17)16(22)19-8-11-4-6-12(7-5-11)25(3)23/h4-7H,8,18H2,1-3H3,(H,19,22). The number of fused-ring (bicyclic) bond motifs is 1. The molecule has 0 bridgehead atoms. The maximum absolute atomic E-state index is 12.5. The molecule has 0 saturated heterocycles. The van der Waals surface area contributed by atoms with Crippen molar-refractivity contribution in [3.8, 4) is 0 Å². The van der Waals surface area contributed by atoms with Gasteiger partial charge in [0.05, 0.1) is 11.4 Å². The number of nitrogens with two attached hydrogens (primary N) is 1. The van der Waals surface area contributed by atoms with E-state index in [1.54, 1.807) is 18.4 Å². The zero-order chi connectivity index (χ0) is 18.1. The molecule has 0 fully saturated rings. The van der Waals surface area contributed by atoms with Gasteiger partial charge in [0.15, 0.2) is 0 Å². The number of rotatable bonds is 4. The van der Waals surface area contributed by atoms with Crippen molar-refractivity contribution in [2.45, 2.75) is 25.3 Å². The van der Waals surface area contributed by atoms with Gasteiger partial charge in [-0.1, -0.05) is 12.1 Å². The highest BCUT2D eigenvalue weighted by atomic mass is 32.2. The zero-order valence-corrected chi connectivity index (χ0v) is 15.8. The molecular weight excluding hydrogens is 356 g/mol. The zero-order valence-electron chi connectivity index (χ0n) is 14.1. The minimum atomic E-state index is -1.01. The van der Waals surface area contributed by atoms with Crippen molar-refractivity contribution in [2.75, 3.05) is 12.0 Å². The molecule has 130 valence electrons. The Morgan fingerprint density at radius 1 is 1.24 bits per heavy atom. The van der Waals surface area contributed by atoms with Gasteiger partial charge in [0.25, 0.3) is 5.91 Å². The van der Waals surface area contributed by atoms with Crippen molar-refractivity contribution in [1.29, 1.82) is 0 Å². The van der Waals surface area contributed by atoms with E-state index in [9.17, 15) is 9.00 Å². The quantitative estimate of drug-likeness (QED) is 0.731. The second kappa shape index (κ2) is 6.89. The number of hydrogen-bond donors (Lipinski definition) is 2. The van der Waals surface area contributed by atoms with E-state index in [1.165, 1.54) is 11.3 Å². The summed E-state index contributed by atoms with van der Waals surface area (Å²) in [6, 6.07) is 7.30. The van der Waals surface area contributed by atoms with Crippen LogP contribution in [-0.4, -0.2) is 26.6 Å². The molecule has 3 aromatic rings. The van der Waals surface area contributed by atoms with Crippen LogP contribution in [0.3, 0.4) is 0 Å². The average Bonchev–Trinajstić information content (AvgIpc) is 2.94. The first-order valence-corrected chi connectivity index (χ1v) is 9.98. The van der Waals surface area contributed by atoms with E-state index in [0.29, 0.717) is 21.9 Å². The van der Waals surface area contributed by atoms with Crippen LogP contribution < -0.4 is 11.1 Å². The highest BCUT2D eigenvalue weighted by molar-refractivity contribution is 7.84. The fourth-order valence-corrected chi connectivity index (χ4v) is 4.01. The molecule has 0 aliphatic carbocycles. The summed E-state index contributed by atoms with van der Waals surface area (Å²) in [6.45, 7) is 4.16. The molecule has 3 rings (SSSR count). The van der Waals surface area contributed by atoms with Gasteiger partial charge >= 0.3 is 0 Å². The number of amides is 1. The monoisotopic (exact) mass is 374 g/mol. The first kappa shape index (κ1) is 17.5. The van der Waals surface area contributed by atoms with Crippen LogP contribution in [0.1, 0.15) is 26.5 Å². The Bertz CT molecular complexity index is 980. The van der Waals surface area contributed by atoms with Crippen LogP contribution in [0.2, 0.25) is 0 Å². The fourth-order valence-electron chi connectivity index (χ4n) is 2.47. The number of benzene rings is 1. The lowest BCUT2D eigenvalue weighted by atomic mass is 10.1. The largest absolute Gasteiger partial charge is 0.397 e. The second-order valence-corrected chi connectivity index (χ2v) is 8.09. The summed E-state index contributed by atoms with van der Waals surface area (Å²) < 4.78 is 11.4. The predicted molar refractivity (Wildman–Crippen MR) is 101 cm³/mol. The lowest BCUT2D eigenvalue weighted by molar-refractivity contribution is 0.0956. The van der Waals surface area contributed by atoms with Crippen LogP contribution in [0.15, 0.2) is 29.2 Å². The van der Waals surface area contributed by atoms with Gasteiger partial charge in [0.1, 0.15) is 9.71 Å². The molecular formula is C17H18N4O2S2. The summed E-state index contributed by atoms with van der Waals surface area (Å²) in [4.78, 5) is 14.4. The van der Waals surface area contributed by atoms with Gasteiger partial charge in [0.2, 0.25) is 0 Å². The van der Waals surface area contributed by atoms with Crippen LogP contribution in [0.25, 0.3) is 10.2 Å². The van der Waals surface area contributed by atoms with Gasteiger partial charge < -0.3 is 11.1 Å². The molecule has 1 unspecified atom stereocenters. The molecule has 1 amide bonds. The third-order valence-corrected chi connectivity index (χ3v) is 6.07. The maximum Gasteiger partial charge on any atom is 0.263 e. The molecule has 2 aromatic heterocycles. The first-order valence-electron chi connectivity index (χ1n) is 7.61. The number of aryl methyl sites for hydroxylation is 2. The molecule has 25 heavy (non-hydrogen) atoms. The smallest absolute Gasteiger partial charge is 0.263 e. The van der Waals surface area contributed by atoms with Crippen molar-refractivity contribution in [1.82, 2.24) is 15.5 Å². The molecule has 0 saturated carbocycles. The summed E-state index contributed by atoms with van der Waals surface area (Å²) in [5, 5.41) is 11.9. The molecule has 0 aliphatic heterocycles. The number of nitrogens with one attached hydrogen (secondary N) is 1. The molecule has 1 aromatic carbocycles. The number of hydrogen-bond acceptors (Lipinski definition) is 6. The Morgan fingerprint density at radius 2 is 1.92 bits per heavy atom. The van der Waals surface area contributed by atoms with E-state index in [-0.39, 0.29) is 5.91 Å². The highest BCUT2D eigenvalue weighted by Crippen LogP contribution is 2.34. The van der Waals surface area contributed by atoms with Gasteiger partial charge in [-0.2, -0.15) is 5.10 Å². The molecule has 0 aliphatic rings. The van der Waals surface area contributed by atoms with E-state index in [2.05, 4.69) is 15.5 Å². The topological polar surface area (TPSA) is 98.0 Å². The van der Waals surface area contributed by atoms with E-state index in [4.69, 9.17) is 5.73 Å². The van der Waals surface area contributed by atoms with Crippen LogP contribution in [-0.2, 0) is 17.3 Å². The van der Waals surface area contributed by atoms with Crippen LogP contribution in [0.5, 0.6) is 0 Å². The molecule has 3 N–H and O–H groups in total. The number of nitrogen functional groups attached to an aromatic ring is 1. The number of carbonyl (C=O) groups excluding carboxylic acids is 1. The Morgan fingerprint density at radius 3 is 2.56 bits per heavy atom. The number of nitrogens with zero attached hydrogens (tertiary/aromatic N) is 2. The summed E-state index contributed by atoms with van der Waals surface area (Å²) in [7, 11) is -1.01. The van der Waals surface area contributed by atoms with Gasteiger partial charge in [-0.15, -0.1) is 16.4 Å². The van der Waals surface area contributed by atoms with Gasteiger partial charge in [-0.25, -0.2) is 0 Å². The lowest BCUT2D eigenvalue weighted by Gasteiger charge is -2.06. The molecule has 0 spiro atoms. The Kier molecular flexibility index (Phi) is 4.82. The van der Waals surface area contributed by atoms with Gasteiger partial charge in [-0.3, -0.25) is 9.00 Å². The SMILES string of the molecule is Cc1nnc2sc(C(=O)NCc3ccc(S(C)=O)cc3)c(N)c2c1C. The van der Waals surface area contributed by atoms with Crippen molar-refractivity contribution in [2.24, 2.45) is 0 Å². The van der Waals surface area contributed by atoms with Crippen LogP contribution >= 0.6 is 11.3 Å². The summed E-state index contributed by atoms with van der Waals surface area (Å²) >= 11 is 1.25. The maximum atomic E-state index is 12.5. The normalized spacial score (nSPS) is 12.3. The summed E-state index contributed by atoms with van der Waals surface area (Å²) in [5.41, 5.74) is 9.30. The van der Waals surface area contributed by atoms with Gasteiger partial charge in [0, 0.05) is 33.9 Å². The Balaban J connectivity index is 1.79. The first-order chi connectivity index (χ1) is 11.9. The summed E-state index contributed by atoms with van der Waals surface area (Å²) in [5.74, 6) is -0.235. The van der Waals surface area contributed by atoms with Crippen molar-refractivity contribution >= 4 is 43.9 Å². The average molecular weight is 374 g/mol. The Labute approximate surface area is 151 Å². The number of aromatic nitrogens is 2.